The molecule has 2 rings (SSSR count). The van der Waals surface area contributed by atoms with Crippen LogP contribution in [-0.4, -0.2) is 16.7 Å². The Hall–Kier alpha value is -1.39. The molecule has 0 fully saturated rings. The fraction of sp³-hybridized carbons (Fsp3) is 0.333. The average molecular weight is 254 g/mol. The number of nitrogens with zero attached hydrogens (tertiary/aromatic N) is 2. The van der Waals surface area contributed by atoms with Crippen molar-refractivity contribution in [2.45, 2.75) is 19.3 Å². The second kappa shape index (κ2) is 5.29. The third-order valence-corrected chi connectivity index (χ3v) is 2.55. The summed E-state index contributed by atoms with van der Waals surface area (Å²) >= 11 is 0. The van der Waals surface area contributed by atoms with Crippen LogP contribution in [0, 0.1) is 0 Å². The first kappa shape index (κ1) is 13.7. The van der Waals surface area contributed by atoms with Crippen LogP contribution >= 0.6 is 12.4 Å². The number of hydrogen-bond donors (Lipinski definition) is 1. The van der Waals surface area contributed by atoms with Gasteiger partial charge in [0.15, 0.2) is 0 Å². The van der Waals surface area contributed by atoms with E-state index in [0.29, 0.717) is 18.3 Å². The van der Waals surface area contributed by atoms with Gasteiger partial charge in [0, 0.05) is 12.1 Å². The standard InChI is InChI=1S/C12H15N3O.ClH/c1-12(2,8-13)11-14-10(15-16-11)9-6-4-3-5-7-9;/h3-7H,8,13H2,1-2H3;1H. The van der Waals surface area contributed by atoms with Gasteiger partial charge in [-0.25, -0.2) is 0 Å². The Labute approximate surface area is 107 Å². The maximum Gasteiger partial charge on any atom is 0.233 e. The third kappa shape index (κ3) is 2.84. The number of rotatable bonds is 3. The van der Waals surface area contributed by atoms with E-state index in [1.165, 1.54) is 0 Å². The second-order valence-electron chi connectivity index (χ2n) is 4.38. The Morgan fingerprint density at radius 3 is 2.47 bits per heavy atom. The predicted octanol–water partition coefficient (Wildman–Crippen LogP) is 2.39. The van der Waals surface area contributed by atoms with Gasteiger partial charge in [-0.3, -0.25) is 0 Å². The summed E-state index contributed by atoms with van der Waals surface area (Å²) < 4.78 is 5.23. The first-order valence-corrected chi connectivity index (χ1v) is 5.23. The molecule has 92 valence electrons. The van der Waals surface area contributed by atoms with Gasteiger partial charge in [0.1, 0.15) is 0 Å². The van der Waals surface area contributed by atoms with Crippen molar-refractivity contribution in [3.8, 4) is 11.4 Å². The van der Waals surface area contributed by atoms with Crippen LogP contribution in [0.3, 0.4) is 0 Å². The monoisotopic (exact) mass is 253 g/mol. The van der Waals surface area contributed by atoms with Gasteiger partial charge >= 0.3 is 0 Å². The summed E-state index contributed by atoms with van der Waals surface area (Å²) in [5.74, 6) is 1.19. The molecule has 17 heavy (non-hydrogen) atoms. The van der Waals surface area contributed by atoms with E-state index in [1.54, 1.807) is 0 Å². The molecule has 0 saturated carbocycles. The van der Waals surface area contributed by atoms with Crippen LogP contribution in [0.5, 0.6) is 0 Å². The molecule has 5 heteroatoms. The van der Waals surface area contributed by atoms with Gasteiger partial charge < -0.3 is 10.3 Å². The van der Waals surface area contributed by atoms with Gasteiger partial charge in [0.05, 0.1) is 5.41 Å². The number of benzene rings is 1. The minimum absolute atomic E-state index is 0. The summed E-state index contributed by atoms with van der Waals surface area (Å²) in [6.45, 7) is 4.44. The van der Waals surface area contributed by atoms with Crippen molar-refractivity contribution in [2.75, 3.05) is 6.54 Å². The van der Waals surface area contributed by atoms with Crippen molar-refractivity contribution >= 4 is 12.4 Å². The van der Waals surface area contributed by atoms with Crippen LogP contribution in [0.25, 0.3) is 11.4 Å². The van der Waals surface area contributed by atoms with Crippen molar-refractivity contribution in [2.24, 2.45) is 5.73 Å². The van der Waals surface area contributed by atoms with Crippen LogP contribution in [0.1, 0.15) is 19.7 Å². The maximum atomic E-state index is 5.66. The highest BCUT2D eigenvalue weighted by molar-refractivity contribution is 5.85. The van der Waals surface area contributed by atoms with E-state index < -0.39 is 0 Å². The highest BCUT2D eigenvalue weighted by Gasteiger charge is 2.26. The molecule has 1 aromatic carbocycles. The van der Waals surface area contributed by atoms with Crippen molar-refractivity contribution in [3.05, 3.63) is 36.2 Å². The fourth-order valence-electron chi connectivity index (χ4n) is 1.29. The summed E-state index contributed by atoms with van der Waals surface area (Å²) in [6.07, 6.45) is 0. The summed E-state index contributed by atoms with van der Waals surface area (Å²) in [5.41, 5.74) is 6.33. The van der Waals surface area contributed by atoms with Gasteiger partial charge in [0.25, 0.3) is 0 Å². The number of nitrogens with two attached hydrogens (primary N) is 1. The van der Waals surface area contributed by atoms with Crippen LogP contribution in [-0.2, 0) is 5.41 Å². The second-order valence-corrected chi connectivity index (χ2v) is 4.38. The van der Waals surface area contributed by atoms with Crippen molar-refractivity contribution in [1.29, 1.82) is 0 Å². The zero-order chi connectivity index (χ0) is 11.6. The van der Waals surface area contributed by atoms with E-state index >= 15 is 0 Å². The topological polar surface area (TPSA) is 64.9 Å². The van der Waals surface area contributed by atoms with Gasteiger partial charge in [-0.1, -0.05) is 35.5 Å². The summed E-state index contributed by atoms with van der Waals surface area (Å²) in [5, 5.41) is 3.96. The van der Waals surface area contributed by atoms with Gasteiger partial charge in [-0.15, -0.1) is 12.4 Å². The molecule has 2 N–H and O–H groups in total. The van der Waals surface area contributed by atoms with Crippen LogP contribution in [0.2, 0.25) is 0 Å². The Morgan fingerprint density at radius 1 is 1.24 bits per heavy atom. The number of halogens is 1. The van der Waals surface area contributed by atoms with Crippen LogP contribution < -0.4 is 5.73 Å². The molecule has 0 aliphatic rings. The minimum Gasteiger partial charge on any atom is -0.338 e. The molecule has 0 atom stereocenters. The molecule has 0 radical (unpaired) electrons. The molecule has 0 aliphatic heterocycles. The lowest BCUT2D eigenvalue weighted by atomic mass is 9.94. The zero-order valence-electron chi connectivity index (χ0n) is 9.88. The average Bonchev–Trinajstić information content (AvgIpc) is 2.80. The smallest absolute Gasteiger partial charge is 0.233 e. The molecule has 4 nitrogen and oxygen atoms in total. The quantitative estimate of drug-likeness (QED) is 0.912. The molecular weight excluding hydrogens is 238 g/mol. The van der Waals surface area contributed by atoms with E-state index in [4.69, 9.17) is 10.3 Å². The lowest BCUT2D eigenvalue weighted by Crippen LogP contribution is -2.28. The Balaban J connectivity index is 0.00000144. The van der Waals surface area contributed by atoms with Gasteiger partial charge in [-0.05, 0) is 13.8 Å². The number of aromatic nitrogens is 2. The number of hydrogen-bond acceptors (Lipinski definition) is 4. The SMILES string of the molecule is CC(C)(CN)c1nc(-c2ccccc2)no1.Cl. The fourth-order valence-corrected chi connectivity index (χ4v) is 1.29. The maximum absolute atomic E-state index is 5.66. The first-order valence-electron chi connectivity index (χ1n) is 5.23. The van der Waals surface area contributed by atoms with Crippen LogP contribution in [0.4, 0.5) is 0 Å². The van der Waals surface area contributed by atoms with E-state index in [2.05, 4.69) is 10.1 Å². The molecule has 0 spiro atoms. The lowest BCUT2D eigenvalue weighted by molar-refractivity contribution is 0.311. The zero-order valence-corrected chi connectivity index (χ0v) is 10.7. The normalized spacial score (nSPS) is 11.0. The predicted molar refractivity (Wildman–Crippen MR) is 69.1 cm³/mol. The van der Waals surface area contributed by atoms with E-state index in [-0.39, 0.29) is 17.8 Å². The molecule has 0 saturated heterocycles. The molecular formula is C12H16ClN3O. The highest BCUT2D eigenvalue weighted by Crippen LogP contribution is 2.23. The van der Waals surface area contributed by atoms with E-state index in [0.717, 1.165) is 5.56 Å². The van der Waals surface area contributed by atoms with E-state index in [9.17, 15) is 0 Å². The summed E-state index contributed by atoms with van der Waals surface area (Å²) in [4.78, 5) is 4.37. The molecule has 0 aliphatic carbocycles. The minimum atomic E-state index is -0.278. The third-order valence-electron chi connectivity index (χ3n) is 2.55. The highest BCUT2D eigenvalue weighted by atomic mass is 35.5. The Morgan fingerprint density at radius 2 is 1.88 bits per heavy atom. The van der Waals surface area contributed by atoms with Crippen LogP contribution in [0.15, 0.2) is 34.9 Å². The van der Waals surface area contributed by atoms with Crippen molar-refractivity contribution in [3.63, 3.8) is 0 Å². The molecule has 2 aromatic rings. The Kier molecular flexibility index (Phi) is 4.26. The molecule has 1 aromatic heterocycles. The van der Waals surface area contributed by atoms with E-state index in [1.807, 2.05) is 44.2 Å². The lowest BCUT2D eigenvalue weighted by Gasteiger charge is -2.15. The largest absolute Gasteiger partial charge is 0.338 e. The van der Waals surface area contributed by atoms with Gasteiger partial charge in [0.2, 0.25) is 11.7 Å². The molecule has 0 bridgehead atoms. The molecule has 0 unspecified atom stereocenters. The van der Waals surface area contributed by atoms with Crippen molar-refractivity contribution < 1.29 is 4.52 Å². The van der Waals surface area contributed by atoms with Crippen molar-refractivity contribution in [1.82, 2.24) is 10.1 Å². The first-order chi connectivity index (χ1) is 7.63. The Bertz CT molecular complexity index is 468. The molecule has 0 amide bonds. The van der Waals surface area contributed by atoms with Gasteiger partial charge in [-0.2, -0.15) is 4.98 Å². The summed E-state index contributed by atoms with van der Waals surface area (Å²) in [7, 11) is 0. The summed E-state index contributed by atoms with van der Waals surface area (Å²) in [6, 6.07) is 9.74. The molecule has 1 heterocycles.